The highest BCUT2D eigenvalue weighted by atomic mass is 19.1. The second-order valence-corrected chi connectivity index (χ2v) is 3.87. The number of aromatic nitrogens is 1. The van der Waals surface area contributed by atoms with Gasteiger partial charge in [-0.3, -0.25) is 0 Å². The van der Waals surface area contributed by atoms with E-state index in [0.29, 0.717) is 5.69 Å². The molecule has 0 aliphatic heterocycles. The van der Waals surface area contributed by atoms with Gasteiger partial charge in [-0.15, -0.1) is 0 Å². The molecule has 17 heavy (non-hydrogen) atoms. The highest BCUT2D eigenvalue weighted by Crippen LogP contribution is 2.28. The Hall–Kier alpha value is -2.16. The second kappa shape index (κ2) is 3.70. The summed E-state index contributed by atoms with van der Waals surface area (Å²) in [6.07, 6.45) is 0. The van der Waals surface area contributed by atoms with Crippen molar-refractivity contribution in [2.24, 2.45) is 0 Å². The molecule has 0 spiro atoms. The van der Waals surface area contributed by atoms with Gasteiger partial charge >= 0.3 is 0 Å². The fraction of sp³-hybridized carbons (Fsp3) is 0. The van der Waals surface area contributed by atoms with Crippen molar-refractivity contribution >= 4 is 10.9 Å². The number of halogens is 2. The molecule has 0 saturated carbocycles. The Morgan fingerprint density at radius 1 is 0.824 bits per heavy atom. The van der Waals surface area contributed by atoms with Gasteiger partial charge < -0.3 is 4.98 Å². The van der Waals surface area contributed by atoms with Gasteiger partial charge in [-0.2, -0.15) is 0 Å². The number of nitrogens with one attached hydrogen (secondary N) is 1. The summed E-state index contributed by atoms with van der Waals surface area (Å²) in [7, 11) is 0. The van der Waals surface area contributed by atoms with E-state index in [-0.39, 0.29) is 5.56 Å². The van der Waals surface area contributed by atoms with Crippen LogP contribution in [0.2, 0.25) is 0 Å². The molecule has 0 unspecified atom stereocenters. The lowest BCUT2D eigenvalue weighted by Gasteiger charge is -2.01. The van der Waals surface area contributed by atoms with E-state index in [2.05, 4.69) is 4.98 Å². The molecule has 84 valence electrons. The number of H-pyrrole nitrogens is 1. The van der Waals surface area contributed by atoms with Crippen LogP contribution in [0.1, 0.15) is 0 Å². The van der Waals surface area contributed by atoms with Crippen molar-refractivity contribution in [3.8, 4) is 11.3 Å². The largest absolute Gasteiger partial charge is 0.354 e. The molecule has 0 atom stereocenters. The summed E-state index contributed by atoms with van der Waals surface area (Å²) in [4.78, 5) is 3.01. The van der Waals surface area contributed by atoms with E-state index in [1.165, 1.54) is 18.2 Å². The lowest BCUT2D eigenvalue weighted by Crippen LogP contribution is -1.89. The molecule has 1 aromatic heterocycles. The zero-order valence-corrected chi connectivity index (χ0v) is 8.87. The predicted molar refractivity (Wildman–Crippen MR) is 63.7 cm³/mol. The summed E-state index contributed by atoms with van der Waals surface area (Å²) in [5, 5.41) is 0.935. The second-order valence-electron chi connectivity index (χ2n) is 3.87. The molecule has 0 bridgehead atoms. The first-order chi connectivity index (χ1) is 8.25. The summed E-state index contributed by atoms with van der Waals surface area (Å²) in [6, 6.07) is 13.1. The maximum absolute atomic E-state index is 13.6. The maximum atomic E-state index is 13.6. The average molecular weight is 229 g/mol. The Labute approximate surface area is 96.7 Å². The van der Waals surface area contributed by atoms with Crippen LogP contribution in [-0.4, -0.2) is 4.98 Å². The lowest BCUT2D eigenvalue weighted by molar-refractivity contribution is 0.589. The Bertz CT molecular complexity index is 632. The van der Waals surface area contributed by atoms with Crippen molar-refractivity contribution in [1.29, 1.82) is 0 Å². The van der Waals surface area contributed by atoms with E-state index in [4.69, 9.17) is 0 Å². The number of benzene rings is 2. The Morgan fingerprint density at radius 3 is 2.24 bits per heavy atom. The van der Waals surface area contributed by atoms with Gasteiger partial charge in [-0.1, -0.05) is 24.3 Å². The quantitative estimate of drug-likeness (QED) is 0.646. The minimum absolute atomic E-state index is 0.0105. The van der Waals surface area contributed by atoms with E-state index in [0.717, 1.165) is 10.9 Å². The molecule has 0 aliphatic carbocycles. The van der Waals surface area contributed by atoms with Gasteiger partial charge in [0.2, 0.25) is 0 Å². The van der Waals surface area contributed by atoms with Crippen molar-refractivity contribution in [2.45, 2.75) is 0 Å². The van der Waals surface area contributed by atoms with Gasteiger partial charge in [0.05, 0.1) is 11.3 Å². The third-order valence-corrected chi connectivity index (χ3v) is 2.76. The molecule has 3 rings (SSSR count). The van der Waals surface area contributed by atoms with E-state index < -0.39 is 11.6 Å². The summed E-state index contributed by atoms with van der Waals surface area (Å²) in [5.74, 6) is -1.12. The number of para-hydroxylation sites is 1. The van der Waals surface area contributed by atoms with E-state index in [9.17, 15) is 8.78 Å². The highest BCUT2D eigenvalue weighted by molar-refractivity contribution is 5.85. The fourth-order valence-corrected chi connectivity index (χ4v) is 1.96. The average Bonchev–Trinajstić information content (AvgIpc) is 2.71. The summed E-state index contributed by atoms with van der Waals surface area (Å²) < 4.78 is 27.2. The number of aromatic amines is 1. The topological polar surface area (TPSA) is 15.8 Å². The molecule has 0 aliphatic rings. The van der Waals surface area contributed by atoms with Crippen LogP contribution in [-0.2, 0) is 0 Å². The molecular formula is C14H9F2N. The van der Waals surface area contributed by atoms with E-state index >= 15 is 0 Å². The lowest BCUT2D eigenvalue weighted by atomic mass is 10.1. The van der Waals surface area contributed by atoms with Gasteiger partial charge in [0, 0.05) is 10.9 Å². The molecular weight excluding hydrogens is 220 g/mol. The van der Waals surface area contributed by atoms with Crippen LogP contribution < -0.4 is 0 Å². The molecule has 0 fully saturated rings. The molecule has 2 aromatic carbocycles. The summed E-state index contributed by atoms with van der Waals surface area (Å²) in [5.41, 5.74) is 1.32. The smallest absolute Gasteiger partial charge is 0.135 e. The third kappa shape index (κ3) is 1.60. The van der Waals surface area contributed by atoms with Crippen LogP contribution in [0.25, 0.3) is 22.2 Å². The minimum Gasteiger partial charge on any atom is -0.354 e. The van der Waals surface area contributed by atoms with Crippen LogP contribution in [0.15, 0.2) is 48.5 Å². The van der Waals surface area contributed by atoms with Crippen molar-refractivity contribution < 1.29 is 8.78 Å². The van der Waals surface area contributed by atoms with Gasteiger partial charge in [0.1, 0.15) is 11.6 Å². The molecule has 0 saturated heterocycles. The summed E-state index contributed by atoms with van der Waals surface area (Å²) >= 11 is 0. The van der Waals surface area contributed by atoms with E-state index in [1.54, 1.807) is 6.07 Å². The predicted octanol–water partition coefficient (Wildman–Crippen LogP) is 4.11. The summed E-state index contributed by atoms with van der Waals surface area (Å²) in [6.45, 7) is 0. The number of hydrogen-bond donors (Lipinski definition) is 1. The van der Waals surface area contributed by atoms with Crippen molar-refractivity contribution in [2.75, 3.05) is 0 Å². The maximum Gasteiger partial charge on any atom is 0.135 e. The van der Waals surface area contributed by atoms with Crippen LogP contribution in [0.5, 0.6) is 0 Å². The minimum atomic E-state index is -0.559. The SMILES string of the molecule is Fc1cccc(F)c1-c1cc2ccccc2[nH]1. The zero-order valence-electron chi connectivity index (χ0n) is 8.87. The first-order valence-corrected chi connectivity index (χ1v) is 5.28. The first-order valence-electron chi connectivity index (χ1n) is 5.28. The van der Waals surface area contributed by atoms with Crippen molar-refractivity contribution in [3.05, 3.63) is 60.2 Å². The Morgan fingerprint density at radius 2 is 1.53 bits per heavy atom. The molecule has 1 N–H and O–H groups in total. The highest BCUT2D eigenvalue weighted by Gasteiger charge is 2.12. The van der Waals surface area contributed by atoms with Crippen LogP contribution >= 0.6 is 0 Å². The zero-order chi connectivity index (χ0) is 11.8. The van der Waals surface area contributed by atoms with Crippen molar-refractivity contribution in [1.82, 2.24) is 4.98 Å². The first kappa shape index (κ1) is 10.0. The molecule has 1 heterocycles. The Balaban J connectivity index is 2.27. The monoisotopic (exact) mass is 229 g/mol. The van der Waals surface area contributed by atoms with Crippen LogP contribution in [0, 0.1) is 11.6 Å². The number of fused-ring (bicyclic) bond motifs is 1. The van der Waals surface area contributed by atoms with Crippen LogP contribution in [0.3, 0.4) is 0 Å². The fourth-order valence-electron chi connectivity index (χ4n) is 1.96. The normalized spacial score (nSPS) is 10.9. The standard InChI is InChI=1S/C14H9F2N/c15-10-5-3-6-11(16)14(10)13-8-9-4-1-2-7-12(9)17-13/h1-8,17H. The molecule has 1 nitrogen and oxygen atoms in total. The molecule has 3 aromatic rings. The molecule has 3 heteroatoms. The van der Waals surface area contributed by atoms with Gasteiger partial charge in [0.25, 0.3) is 0 Å². The van der Waals surface area contributed by atoms with Crippen LogP contribution in [0.4, 0.5) is 8.78 Å². The third-order valence-electron chi connectivity index (χ3n) is 2.76. The molecule has 0 radical (unpaired) electrons. The van der Waals surface area contributed by atoms with Crippen molar-refractivity contribution in [3.63, 3.8) is 0 Å². The van der Waals surface area contributed by atoms with Gasteiger partial charge in [-0.25, -0.2) is 8.78 Å². The van der Waals surface area contributed by atoms with E-state index in [1.807, 2.05) is 24.3 Å². The number of rotatable bonds is 1. The molecule has 0 amide bonds. The van der Waals surface area contributed by atoms with Gasteiger partial charge in [0.15, 0.2) is 0 Å². The van der Waals surface area contributed by atoms with Gasteiger partial charge in [-0.05, 0) is 24.3 Å². The number of hydrogen-bond acceptors (Lipinski definition) is 0. The Kier molecular flexibility index (Phi) is 2.18.